The molecule has 0 radical (unpaired) electrons. The van der Waals surface area contributed by atoms with Gasteiger partial charge < -0.3 is 15.2 Å². The van der Waals surface area contributed by atoms with Crippen LogP contribution in [-0.2, 0) is 13.2 Å². The first-order valence-corrected chi connectivity index (χ1v) is 7.04. The Hall–Kier alpha value is -1.59. The van der Waals surface area contributed by atoms with Crippen molar-refractivity contribution in [3.63, 3.8) is 0 Å². The molecule has 1 aromatic heterocycles. The number of nitrogens with zero attached hydrogens (tertiary/aromatic N) is 1. The van der Waals surface area contributed by atoms with Gasteiger partial charge in [0, 0.05) is 12.7 Å². The summed E-state index contributed by atoms with van der Waals surface area (Å²) in [5.41, 5.74) is 8.64. The monoisotopic (exact) mass is 336 g/mol. The largest absolute Gasteiger partial charge is 0.493 e. The van der Waals surface area contributed by atoms with Gasteiger partial charge in [-0.05, 0) is 52.2 Å². The predicted octanol–water partition coefficient (Wildman–Crippen LogP) is 3.20. The first-order valence-electron chi connectivity index (χ1n) is 6.25. The molecule has 1 heterocycles. The molecule has 0 aliphatic carbocycles. The molecule has 2 aromatic rings. The Balaban J connectivity index is 2.23. The molecule has 0 aliphatic rings. The van der Waals surface area contributed by atoms with E-state index >= 15 is 0 Å². The van der Waals surface area contributed by atoms with Crippen LogP contribution in [0.1, 0.15) is 16.8 Å². The molecule has 0 unspecified atom stereocenters. The Morgan fingerprint density at radius 3 is 2.80 bits per heavy atom. The van der Waals surface area contributed by atoms with E-state index in [2.05, 4.69) is 20.9 Å². The molecule has 1 aromatic carbocycles. The van der Waals surface area contributed by atoms with Crippen molar-refractivity contribution in [1.82, 2.24) is 4.98 Å². The molecule has 0 spiro atoms. The van der Waals surface area contributed by atoms with Crippen LogP contribution in [0.5, 0.6) is 11.5 Å². The van der Waals surface area contributed by atoms with Crippen LogP contribution in [0.4, 0.5) is 0 Å². The first kappa shape index (κ1) is 14.8. The summed E-state index contributed by atoms with van der Waals surface area (Å²) in [5.74, 6) is 1.32. The maximum Gasteiger partial charge on any atom is 0.175 e. The summed E-state index contributed by atoms with van der Waals surface area (Å²) in [6, 6.07) is 7.73. The van der Waals surface area contributed by atoms with Crippen molar-refractivity contribution < 1.29 is 9.47 Å². The van der Waals surface area contributed by atoms with Gasteiger partial charge in [0.05, 0.1) is 17.3 Å². The van der Waals surface area contributed by atoms with Crippen molar-refractivity contribution in [1.29, 1.82) is 0 Å². The van der Waals surface area contributed by atoms with E-state index < -0.39 is 0 Å². The lowest BCUT2D eigenvalue weighted by molar-refractivity contribution is 0.278. The number of halogens is 1. The molecule has 0 fully saturated rings. The quantitative estimate of drug-likeness (QED) is 0.910. The molecule has 0 amide bonds. The zero-order chi connectivity index (χ0) is 14.5. The SMILES string of the molecule is COc1cc(CN)cc(Br)c1OCc1ncccc1C. The second-order valence-electron chi connectivity index (χ2n) is 4.37. The van der Waals surface area contributed by atoms with E-state index in [1.54, 1.807) is 13.3 Å². The minimum atomic E-state index is 0.392. The van der Waals surface area contributed by atoms with Gasteiger partial charge in [-0.2, -0.15) is 0 Å². The Labute approximate surface area is 127 Å². The maximum atomic E-state index is 5.85. The van der Waals surface area contributed by atoms with E-state index in [4.69, 9.17) is 15.2 Å². The van der Waals surface area contributed by atoms with Crippen molar-refractivity contribution in [2.75, 3.05) is 7.11 Å². The summed E-state index contributed by atoms with van der Waals surface area (Å²) in [6.45, 7) is 2.85. The lowest BCUT2D eigenvalue weighted by Crippen LogP contribution is -2.04. The van der Waals surface area contributed by atoms with Crippen molar-refractivity contribution in [2.24, 2.45) is 5.73 Å². The zero-order valence-electron chi connectivity index (χ0n) is 11.5. The number of hydrogen-bond acceptors (Lipinski definition) is 4. The molecule has 106 valence electrons. The number of aromatic nitrogens is 1. The van der Waals surface area contributed by atoms with Crippen LogP contribution in [-0.4, -0.2) is 12.1 Å². The summed E-state index contributed by atoms with van der Waals surface area (Å²) in [7, 11) is 1.61. The standard InChI is InChI=1S/C15H17BrN2O2/c1-10-4-3-5-18-13(10)9-20-15-12(16)6-11(8-17)7-14(15)19-2/h3-7H,8-9,17H2,1-2H3. The number of rotatable bonds is 5. The Bertz CT molecular complexity index is 602. The van der Waals surface area contributed by atoms with Gasteiger partial charge in [0.2, 0.25) is 0 Å². The van der Waals surface area contributed by atoms with Crippen molar-refractivity contribution in [3.05, 3.63) is 51.8 Å². The molecule has 2 rings (SSSR count). The molecule has 5 heteroatoms. The number of ether oxygens (including phenoxy) is 2. The highest BCUT2D eigenvalue weighted by molar-refractivity contribution is 9.10. The number of pyridine rings is 1. The van der Waals surface area contributed by atoms with E-state index in [1.807, 2.05) is 31.2 Å². The van der Waals surface area contributed by atoms with Gasteiger partial charge in [-0.15, -0.1) is 0 Å². The fraction of sp³-hybridized carbons (Fsp3) is 0.267. The fourth-order valence-corrected chi connectivity index (χ4v) is 2.45. The number of nitrogens with two attached hydrogens (primary N) is 1. The summed E-state index contributed by atoms with van der Waals surface area (Å²) >= 11 is 3.49. The van der Waals surface area contributed by atoms with E-state index in [0.717, 1.165) is 21.3 Å². The van der Waals surface area contributed by atoms with Gasteiger partial charge in [0.1, 0.15) is 6.61 Å². The third-order valence-electron chi connectivity index (χ3n) is 3.00. The summed E-state index contributed by atoms with van der Waals surface area (Å²) in [5, 5.41) is 0. The number of hydrogen-bond donors (Lipinski definition) is 1. The second-order valence-corrected chi connectivity index (χ2v) is 5.22. The Morgan fingerprint density at radius 2 is 2.15 bits per heavy atom. The molecule has 0 saturated carbocycles. The van der Waals surface area contributed by atoms with Crippen LogP contribution < -0.4 is 15.2 Å². The molecular weight excluding hydrogens is 320 g/mol. The molecular formula is C15H17BrN2O2. The highest BCUT2D eigenvalue weighted by atomic mass is 79.9. The number of methoxy groups -OCH3 is 1. The van der Waals surface area contributed by atoms with E-state index in [9.17, 15) is 0 Å². The predicted molar refractivity (Wildman–Crippen MR) is 81.9 cm³/mol. The summed E-state index contributed by atoms with van der Waals surface area (Å²) < 4.78 is 12.0. The highest BCUT2D eigenvalue weighted by Crippen LogP contribution is 2.37. The second kappa shape index (κ2) is 6.72. The lowest BCUT2D eigenvalue weighted by atomic mass is 10.2. The summed E-state index contributed by atoms with van der Waals surface area (Å²) in [6.07, 6.45) is 1.76. The van der Waals surface area contributed by atoms with Crippen LogP contribution in [0.15, 0.2) is 34.9 Å². The van der Waals surface area contributed by atoms with Gasteiger partial charge in [0.15, 0.2) is 11.5 Å². The third-order valence-corrected chi connectivity index (χ3v) is 3.59. The summed E-state index contributed by atoms with van der Waals surface area (Å²) in [4.78, 5) is 4.31. The average Bonchev–Trinajstić information content (AvgIpc) is 2.46. The minimum absolute atomic E-state index is 0.392. The van der Waals surface area contributed by atoms with Crippen molar-refractivity contribution >= 4 is 15.9 Å². The van der Waals surface area contributed by atoms with Gasteiger partial charge in [-0.1, -0.05) is 6.07 Å². The first-order chi connectivity index (χ1) is 9.65. The number of aryl methyl sites for hydroxylation is 1. The average molecular weight is 337 g/mol. The minimum Gasteiger partial charge on any atom is -0.493 e. The van der Waals surface area contributed by atoms with Crippen LogP contribution in [0.3, 0.4) is 0 Å². The van der Waals surface area contributed by atoms with Gasteiger partial charge in [0.25, 0.3) is 0 Å². The van der Waals surface area contributed by atoms with Crippen LogP contribution in [0, 0.1) is 6.92 Å². The van der Waals surface area contributed by atoms with Crippen LogP contribution >= 0.6 is 15.9 Å². The molecule has 0 bridgehead atoms. The van der Waals surface area contributed by atoms with Crippen LogP contribution in [0.25, 0.3) is 0 Å². The smallest absolute Gasteiger partial charge is 0.175 e. The fourth-order valence-electron chi connectivity index (χ4n) is 1.84. The Kier molecular flexibility index (Phi) is 4.98. The molecule has 4 nitrogen and oxygen atoms in total. The lowest BCUT2D eigenvalue weighted by Gasteiger charge is -2.14. The molecule has 0 atom stereocenters. The molecule has 2 N–H and O–H groups in total. The Morgan fingerprint density at radius 1 is 1.35 bits per heavy atom. The van der Waals surface area contributed by atoms with Crippen LogP contribution in [0.2, 0.25) is 0 Å². The van der Waals surface area contributed by atoms with Crippen molar-refractivity contribution in [2.45, 2.75) is 20.1 Å². The van der Waals surface area contributed by atoms with E-state index in [1.165, 1.54) is 0 Å². The number of benzene rings is 1. The molecule has 20 heavy (non-hydrogen) atoms. The van der Waals surface area contributed by atoms with E-state index in [-0.39, 0.29) is 0 Å². The third kappa shape index (κ3) is 3.29. The van der Waals surface area contributed by atoms with Gasteiger partial charge >= 0.3 is 0 Å². The molecule has 0 saturated heterocycles. The topological polar surface area (TPSA) is 57.4 Å². The highest BCUT2D eigenvalue weighted by Gasteiger charge is 2.12. The maximum absolute atomic E-state index is 5.85. The van der Waals surface area contributed by atoms with Gasteiger partial charge in [-0.25, -0.2) is 0 Å². The molecule has 0 aliphatic heterocycles. The van der Waals surface area contributed by atoms with Gasteiger partial charge in [-0.3, -0.25) is 4.98 Å². The van der Waals surface area contributed by atoms with E-state index in [0.29, 0.717) is 24.7 Å². The zero-order valence-corrected chi connectivity index (χ0v) is 13.1. The normalized spacial score (nSPS) is 10.4. The van der Waals surface area contributed by atoms with Crippen molar-refractivity contribution in [3.8, 4) is 11.5 Å².